The monoisotopic (exact) mass is 195 g/mol. The molecule has 0 heterocycles. The van der Waals surface area contributed by atoms with Gasteiger partial charge in [0.1, 0.15) is 5.82 Å². The fourth-order valence-corrected chi connectivity index (χ4v) is 1.82. The predicted molar refractivity (Wildman–Crippen MR) is 57.7 cm³/mol. The highest BCUT2D eigenvalue weighted by Gasteiger charge is 2.21. The summed E-state index contributed by atoms with van der Waals surface area (Å²) in [6.45, 7) is 6.25. The lowest BCUT2D eigenvalue weighted by Crippen LogP contribution is -2.28. The lowest BCUT2D eigenvalue weighted by Gasteiger charge is -2.27. The zero-order valence-corrected chi connectivity index (χ0v) is 9.05. The van der Waals surface area contributed by atoms with Crippen molar-refractivity contribution in [2.24, 2.45) is 5.73 Å². The fraction of sp³-hybridized carbons (Fsp3) is 0.500. The molecule has 1 unspecified atom stereocenters. The van der Waals surface area contributed by atoms with Gasteiger partial charge in [-0.25, -0.2) is 4.39 Å². The van der Waals surface area contributed by atoms with E-state index in [9.17, 15) is 4.39 Å². The van der Waals surface area contributed by atoms with Gasteiger partial charge >= 0.3 is 0 Å². The standard InChI is InChI=1S/C12H18FN/c1-9(14)8-12(2,3)10-4-6-11(13)7-5-10/h4-7,9H,8,14H2,1-3H3. The second-order valence-corrected chi connectivity index (χ2v) is 4.57. The average Bonchev–Trinajstić information content (AvgIpc) is 2.02. The minimum atomic E-state index is -0.189. The van der Waals surface area contributed by atoms with E-state index in [2.05, 4.69) is 13.8 Å². The molecule has 0 bridgehead atoms. The van der Waals surface area contributed by atoms with Gasteiger partial charge in [-0.2, -0.15) is 0 Å². The number of benzene rings is 1. The van der Waals surface area contributed by atoms with Crippen molar-refractivity contribution in [3.63, 3.8) is 0 Å². The Hall–Kier alpha value is -0.890. The molecule has 14 heavy (non-hydrogen) atoms. The minimum Gasteiger partial charge on any atom is -0.328 e. The molecular weight excluding hydrogens is 177 g/mol. The van der Waals surface area contributed by atoms with E-state index >= 15 is 0 Å². The van der Waals surface area contributed by atoms with Crippen LogP contribution in [0.3, 0.4) is 0 Å². The zero-order chi connectivity index (χ0) is 10.8. The Morgan fingerprint density at radius 2 is 1.79 bits per heavy atom. The Kier molecular flexibility index (Phi) is 3.27. The quantitative estimate of drug-likeness (QED) is 0.788. The van der Waals surface area contributed by atoms with Crippen LogP contribution in [0.1, 0.15) is 32.8 Å². The molecule has 0 saturated carbocycles. The second kappa shape index (κ2) is 4.09. The van der Waals surface area contributed by atoms with Gasteiger partial charge in [-0.15, -0.1) is 0 Å². The highest BCUT2D eigenvalue weighted by molar-refractivity contribution is 5.24. The zero-order valence-electron chi connectivity index (χ0n) is 9.05. The van der Waals surface area contributed by atoms with Gasteiger partial charge in [0.05, 0.1) is 0 Å². The molecular formula is C12H18FN. The van der Waals surface area contributed by atoms with Gasteiger partial charge in [0.25, 0.3) is 0 Å². The Balaban J connectivity index is 2.86. The van der Waals surface area contributed by atoms with E-state index in [1.54, 1.807) is 0 Å². The first-order valence-electron chi connectivity index (χ1n) is 4.93. The molecule has 2 N–H and O–H groups in total. The third kappa shape index (κ3) is 2.81. The average molecular weight is 195 g/mol. The largest absolute Gasteiger partial charge is 0.328 e. The lowest BCUT2D eigenvalue weighted by atomic mass is 9.79. The third-order valence-corrected chi connectivity index (χ3v) is 2.46. The summed E-state index contributed by atoms with van der Waals surface area (Å²) in [4.78, 5) is 0. The minimum absolute atomic E-state index is 0.0157. The lowest BCUT2D eigenvalue weighted by molar-refractivity contribution is 0.436. The summed E-state index contributed by atoms with van der Waals surface area (Å²) in [5.74, 6) is -0.189. The molecule has 2 heteroatoms. The topological polar surface area (TPSA) is 26.0 Å². The summed E-state index contributed by atoms with van der Waals surface area (Å²) in [5, 5.41) is 0. The summed E-state index contributed by atoms with van der Waals surface area (Å²) in [5.41, 5.74) is 6.92. The molecule has 0 aliphatic carbocycles. The first kappa shape index (κ1) is 11.2. The van der Waals surface area contributed by atoms with E-state index in [4.69, 9.17) is 5.73 Å². The smallest absolute Gasteiger partial charge is 0.123 e. The van der Waals surface area contributed by atoms with Gasteiger partial charge in [0.2, 0.25) is 0 Å². The van der Waals surface area contributed by atoms with Crippen LogP contribution >= 0.6 is 0 Å². The van der Waals surface area contributed by atoms with Crippen LogP contribution in [0.25, 0.3) is 0 Å². The highest BCUT2D eigenvalue weighted by atomic mass is 19.1. The van der Waals surface area contributed by atoms with Gasteiger partial charge in [0.15, 0.2) is 0 Å². The Labute approximate surface area is 85.1 Å². The van der Waals surface area contributed by atoms with E-state index in [-0.39, 0.29) is 17.3 Å². The molecule has 0 saturated heterocycles. The van der Waals surface area contributed by atoms with Crippen LogP contribution in [0, 0.1) is 5.82 Å². The van der Waals surface area contributed by atoms with E-state index < -0.39 is 0 Å². The normalized spacial score (nSPS) is 14.1. The predicted octanol–water partition coefficient (Wildman–Crippen LogP) is 2.84. The van der Waals surface area contributed by atoms with Crippen LogP contribution < -0.4 is 5.73 Å². The van der Waals surface area contributed by atoms with Gasteiger partial charge in [-0.3, -0.25) is 0 Å². The summed E-state index contributed by atoms with van der Waals surface area (Å²) >= 11 is 0. The number of hydrogen-bond donors (Lipinski definition) is 1. The first-order chi connectivity index (χ1) is 6.42. The van der Waals surface area contributed by atoms with E-state index in [0.717, 1.165) is 12.0 Å². The molecule has 0 spiro atoms. The Morgan fingerprint density at radius 3 is 2.21 bits per heavy atom. The van der Waals surface area contributed by atoms with Crippen molar-refractivity contribution in [1.29, 1.82) is 0 Å². The van der Waals surface area contributed by atoms with Gasteiger partial charge in [-0.05, 0) is 36.5 Å². The number of nitrogens with two attached hydrogens (primary N) is 1. The molecule has 1 aromatic carbocycles. The number of rotatable bonds is 3. The van der Waals surface area contributed by atoms with Crippen LogP contribution in [0.5, 0.6) is 0 Å². The summed E-state index contributed by atoms with van der Waals surface area (Å²) in [7, 11) is 0. The Morgan fingerprint density at radius 1 is 1.29 bits per heavy atom. The maximum Gasteiger partial charge on any atom is 0.123 e. The number of halogens is 1. The van der Waals surface area contributed by atoms with Crippen LogP contribution in [-0.4, -0.2) is 6.04 Å². The molecule has 1 atom stereocenters. The maximum atomic E-state index is 12.7. The molecule has 0 aromatic heterocycles. The van der Waals surface area contributed by atoms with Crippen molar-refractivity contribution in [2.75, 3.05) is 0 Å². The molecule has 1 aromatic rings. The van der Waals surface area contributed by atoms with E-state index in [1.807, 2.05) is 19.1 Å². The van der Waals surface area contributed by atoms with E-state index in [1.165, 1.54) is 12.1 Å². The molecule has 0 amide bonds. The maximum absolute atomic E-state index is 12.7. The van der Waals surface area contributed by atoms with Crippen LogP contribution in [-0.2, 0) is 5.41 Å². The van der Waals surface area contributed by atoms with Crippen molar-refractivity contribution in [3.05, 3.63) is 35.6 Å². The van der Waals surface area contributed by atoms with Crippen molar-refractivity contribution >= 4 is 0 Å². The molecule has 0 aliphatic rings. The third-order valence-electron chi connectivity index (χ3n) is 2.46. The van der Waals surface area contributed by atoms with E-state index in [0.29, 0.717) is 0 Å². The van der Waals surface area contributed by atoms with Crippen LogP contribution in [0.2, 0.25) is 0 Å². The molecule has 1 rings (SSSR count). The summed E-state index contributed by atoms with van der Waals surface area (Å²) in [6.07, 6.45) is 0.901. The number of hydrogen-bond acceptors (Lipinski definition) is 1. The van der Waals surface area contributed by atoms with Crippen LogP contribution in [0.4, 0.5) is 4.39 Å². The van der Waals surface area contributed by atoms with Gasteiger partial charge < -0.3 is 5.73 Å². The molecule has 78 valence electrons. The van der Waals surface area contributed by atoms with Gasteiger partial charge in [-0.1, -0.05) is 26.0 Å². The summed E-state index contributed by atoms with van der Waals surface area (Å²) < 4.78 is 12.7. The summed E-state index contributed by atoms with van der Waals surface area (Å²) in [6, 6.07) is 6.82. The van der Waals surface area contributed by atoms with Crippen molar-refractivity contribution in [3.8, 4) is 0 Å². The second-order valence-electron chi connectivity index (χ2n) is 4.57. The van der Waals surface area contributed by atoms with Crippen molar-refractivity contribution < 1.29 is 4.39 Å². The molecule has 0 fully saturated rings. The van der Waals surface area contributed by atoms with Crippen molar-refractivity contribution in [1.82, 2.24) is 0 Å². The SMILES string of the molecule is CC(N)CC(C)(C)c1ccc(F)cc1. The first-order valence-corrected chi connectivity index (χ1v) is 4.93. The van der Waals surface area contributed by atoms with Gasteiger partial charge in [0, 0.05) is 6.04 Å². The Bertz CT molecular complexity index is 288. The van der Waals surface area contributed by atoms with Crippen LogP contribution in [0.15, 0.2) is 24.3 Å². The van der Waals surface area contributed by atoms with Crippen molar-refractivity contribution in [2.45, 2.75) is 38.6 Å². The molecule has 0 radical (unpaired) electrons. The molecule has 1 nitrogen and oxygen atoms in total. The highest BCUT2D eigenvalue weighted by Crippen LogP contribution is 2.27. The molecule has 0 aliphatic heterocycles. The fourth-order valence-electron chi connectivity index (χ4n) is 1.82.